The molecule has 0 atom stereocenters. The van der Waals surface area contributed by atoms with Crippen molar-refractivity contribution in [1.82, 2.24) is 10.3 Å². The summed E-state index contributed by atoms with van der Waals surface area (Å²) < 4.78 is 5.69. The molecule has 144 valence electrons. The number of nitrogens with one attached hydrogen (secondary N) is 2. The summed E-state index contributed by atoms with van der Waals surface area (Å²) in [6.45, 7) is 4.19. The van der Waals surface area contributed by atoms with Crippen LogP contribution in [0.1, 0.15) is 33.5 Å². The molecule has 3 rings (SSSR count). The standard InChI is InChI=1S/C21H21N3O3S/c1-14(25)23-18-5-3-4-16(10-18)11-22-21(26)17-6-8-20(9-7-17)27-12-19-13-28-15(2)24-19/h3-10,13H,11-12H2,1-2H3,(H,22,26)(H,23,25). The lowest BCUT2D eigenvalue weighted by Crippen LogP contribution is -2.22. The molecule has 28 heavy (non-hydrogen) atoms. The zero-order valence-electron chi connectivity index (χ0n) is 15.7. The molecule has 0 aliphatic heterocycles. The van der Waals surface area contributed by atoms with Crippen LogP contribution in [0.3, 0.4) is 0 Å². The number of anilines is 1. The van der Waals surface area contributed by atoms with Crippen molar-refractivity contribution in [3.8, 4) is 5.75 Å². The van der Waals surface area contributed by atoms with Crippen LogP contribution in [0.2, 0.25) is 0 Å². The van der Waals surface area contributed by atoms with Crippen LogP contribution in [0.25, 0.3) is 0 Å². The molecule has 0 fully saturated rings. The highest BCUT2D eigenvalue weighted by molar-refractivity contribution is 7.09. The summed E-state index contributed by atoms with van der Waals surface area (Å²) in [7, 11) is 0. The fraction of sp³-hybridized carbons (Fsp3) is 0.190. The van der Waals surface area contributed by atoms with Gasteiger partial charge in [-0.2, -0.15) is 0 Å². The zero-order valence-corrected chi connectivity index (χ0v) is 16.5. The number of hydrogen-bond acceptors (Lipinski definition) is 5. The fourth-order valence-electron chi connectivity index (χ4n) is 2.58. The molecule has 0 unspecified atom stereocenters. The Morgan fingerprint density at radius 3 is 2.61 bits per heavy atom. The first kappa shape index (κ1) is 19.6. The van der Waals surface area contributed by atoms with Crippen LogP contribution in [0, 0.1) is 6.92 Å². The Kier molecular flexibility index (Phi) is 6.39. The largest absolute Gasteiger partial charge is 0.487 e. The summed E-state index contributed by atoms with van der Waals surface area (Å²) in [6.07, 6.45) is 0. The van der Waals surface area contributed by atoms with E-state index >= 15 is 0 Å². The first-order valence-corrected chi connectivity index (χ1v) is 9.66. The normalized spacial score (nSPS) is 10.4. The molecule has 2 aromatic carbocycles. The molecule has 0 aliphatic carbocycles. The van der Waals surface area contributed by atoms with Gasteiger partial charge in [-0.05, 0) is 48.9 Å². The van der Waals surface area contributed by atoms with E-state index in [0.29, 0.717) is 30.2 Å². The average molecular weight is 395 g/mol. The van der Waals surface area contributed by atoms with E-state index in [0.717, 1.165) is 16.3 Å². The number of rotatable bonds is 7. The molecule has 0 saturated heterocycles. The third kappa shape index (κ3) is 5.65. The Balaban J connectivity index is 1.52. The molecule has 0 spiro atoms. The van der Waals surface area contributed by atoms with Crippen LogP contribution < -0.4 is 15.4 Å². The number of hydrogen-bond donors (Lipinski definition) is 2. The third-order valence-electron chi connectivity index (χ3n) is 3.87. The van der Waals surface area contributed by atoms with Gasteiger partial charge in [0.25, 0.3) is 5.91 Å². The molecule has 0 saturated carbocycles. The van der Waals surface area contributed by atoms with Crippen molar-refractivity contribution in [2.24, 2.45) is 0 Å². The van der Waals surface area contributed by atoms with Crippen molar-refractivity contribution in [2.45, 2.75) is 27.0 Å². The van der Waals surface area contributed by atoms with Crippen molar-refractivity contribution in [3.05, 3.63) is 75.7 Å². The minimum atomic E-state index is -0.174. The number of aryl methyl sites for hydroxylation is 1. The maximum absolute atomic E-state index is 12.3. The molecule has 1 heterocycles. The molecule has 2 N–H and O–H groups in total. The number of amides is 2. The fourth-order valence-corrected chi connectivity index (χ4v) is 3.18. The lowest BCUT2D eigenvalue weighted by atomic mass is 10.1. The summed E-state index contributed by atoms with van der Waals surface area (Å²) in [6, 6.07) is 14.4. The molecule has 0 radical (unpaired) electrons. The Labute approximate surface area is 167 Å². The molecule has 7 heteroatoms. The van der Waals surface area contributed by atoms with Gasteiger partial charge in [0, 0.05) is 30.1 Å². The molecule has 0 aliphatic rings. The predicted molar refractivity (Wildman–Crippen MR) is 110 cm³/mol. The van der Waals surface area contributed by atoms with Gasteiger partial charge < -0.3 is 15.4 Å². The van der Waals surface area contributed by atoms with Gasteiger partial charge in [0.1, 0.15) is 12.4 Å². The highest BCUT2D eigenvalue weighted by Gasteiger charge is 2.07. The van der Waals surface area contributed by atoms with E-state index in [1.54, 1.807) is 41.7 Å². The number of ether oxygens (including phenoxy) is 1. The van der Waals surface area contributed by atoms with Gasteiger partial charge >= 0.3 is 0 Å². The van der Waals surface area contributed by atoms with Gasteiger partial charge in [0.15, 0.2) is 0 Å². The minimum absolute atomic E-state index is 0.131. The third-order valence-corrected chi connectivity index (χ3v) is 4.69. The molecule has 0 bridgehead atoms. The van der Waals surface area contributed by atoms with Crippen LogP contribution in [0.4, 0.5) is 5.69 Å². The van der Waals surface area contributed by atoms with E-state index in [1.807, 2.05) is 30.5 Å². The molecule has 1 aromatic heterocycles. The van der Waals surface area contributed by atoms with E-state index in [2.05, 4.69) is 15.6 Å². The van der Waals surface area contributed by atoms with Gasteiger partial charge in [-0.25, -0.2) is 4.98 Å². The van der Waals surface area contributed by atoms with Gasteiger partial charge in [0.05, 0.1) is 10.7 Å². The summed E-state index contributed by atoms with van der Waals surface area (Å²) in [4.78, 5) is 27.8. The lowest BCUT2D eigenvalue weighted by molar-refractivity contribution is -0.114. The van der Waals surface area contributed by atoms with Gasteiger partial charge in [-0.15, -0.1) is 11.3 Å². The second-order valence-electron chi connectivity index (χ2n) is 6.24. The van der Waals surface area contributed by atoms with Crippen molar-refractivity contribution >= 4 is 28.8 Å². The number of aromatic nitrogens is 1. The zero-order chi connectivity index (χ0) is 19.9. The van der Waals surface area contributed by atoms with E-state index in [4.69, 9.17) is 4.74 Å². The van der Waals surface area contributed by atoms with E-state index in [9.17, 15) is 9.59 Å². The number of benzene rings is 2. The van der Waals surface area contributed by atoms with E-state index in [-0.39, 0.29) is 11.8 Å². The Morgan fingerprint density at radius 1 is 1.14 bits per heavy atom. The predicted octanol–water partition coefficient (Wildman–Crippen LogP) is 3.92. The smallest absolute Gasteiger partial charge is 0.251 e. The number of nitrogens with zero attached hydrogens (tertiary/aromatic N) is 1. The number of carbonyl (C=O) groups excluding carboxylic acids is 2. The first-order chi connectivity index (χ1) is 13.5. The number of thiazole rings is 1. The summed E-state index contributed by atoms with van der Waals surface area (Å²) in [5.41, 5.74) is 3.05. The molecule has 2 amide bonds. The highest BCUT2D eigenvalue weighted by atomic mass is 32.1. The summed E-state index contributed by atoms with van der Waals surface area (Å²) >= 11 is 1.59. The second kappa shape index (κ2) is 9.14. The first-order valence-electron chi connectivity index (χ1n) is 8.78. The Bertz CT molecular complexity index is 967. The van der Waals surface area contributed by atoms with Gasteiger partial charge in [0.2, 0.25) is 5.91 Å². The van der Waals surface area contributed by atoms with Crippen LogP contribution in [0.5, 0.6) is 5.75 Å². The Hall–Kier alpha value is -3.19. The van der Waals surface area contributed by atoms with Crippen LogP contribution in [0.15, 0.2) is 53.9 Å². The van der Waals surface area contributed by atoms with Crippen LogP contribution in [-0.2, 0) is 17.9 Å². The monoisotopic (exact) mass is 395 g/mol. The van der Waals surface area contributed by atoms with Gasteiger partial charge in [-0.1, -0.05) is 12.1 Å². The SMILES string of the molecule is CC(=O)Nc1cccc(CNC(=O)c2ccc(OCc3csc(C)n3)cc2)c1. The summed E-state index contributed by atoms with van der Waals surface area (Å²) in [5, 5.41) is 8.58. The summed E-state index contributed by atoms with van der Waals surface area (Å²) in [5.74, 6) is 0.380. The van der Waals surface area contributed by atoms with Crippen LogP contribution in [-0.4, -0.2) is 16.8 Å². The van der Waals surface area contributed by atoms with E-state index < -0.39 is 0 Å². The van der Waals surface area contributed by atoms with E-state index in [1.165, 1.54) is 6.92 Å². The maximum atomic E-state index is 12.3. The molecule has 6 nitrogen and oxygen atoms in total. The van der Waals surface area contributed by atoms with Crippen molar-refractivity contribution < 1.29 is 14.3 Å². The van der Waals surface area contributed by atoms with Crippen molar-refractivity contribution in [2.75, 3.05) is 5.32 Å². The quantitative estimate of drug-likeness (QED) is 0.635. The second-order valence-corrected chi connectivity index (χ2v) is 7.30. The highest BCUT2D eigenvalue weighted by Crippen LogP contribution is 2.16. The topological polar surface area (TPSA) is 80.3 Å². The Morgan fingerprint density at radius 2 is 1.93 bits per heavy atom. The average Bonchev–Trinajstić information content (AvgIpc) is 3.10. The van der Waals surface area contributed by atoms with Gasteiger partial charge in [-0.3, -0.25) is 9.59 Å². The molecule has 3 aromatic rings. The molecular formula is C21H21N3O3S. The molecular weight excluding hydrogens is 374 g/mol. The minimum Gasteiger partial charge on any atom is -0.487 e. The maximum Gasteiger partial charge on any atom is 0.251 e. The van der Waals surface area contributed by atoms with Crippen LogP contribution >= 0.6 is 11.3 Å². The van der Waals surface area contributed by atoms with Crippen molar-refractivity contribution in [1.29, 1.82) is 0 Å². The number of carbonyl (C=O) groups is 2. The lowest BCUT2D eigenvalue weighted by Gasteiger charge is -2.09. The van der Waals surface area contributed by atoms with Crippen molar-refractivity contribution in [3.63, 3.8) is 0 Å².